The van der Waals surface area contributed by atoms with Crippen LogP contribution in [0.5, 0.6) is 0 Å². The number of halogens is 2. The van der Waals surface area contributed by atoms with Crippen molar-refractivity contribution >= 4 is 56.1 Å². The number of nitrogens with one attached hydrogen (secondary N) is 2. The fourth-order valence-corrected chi connectivity index (χ4v) is 3.65. The molecule has 0 radical (unpaired) electrons. The van der Waals surface area contributed by atoms with Crippen molar-refractivity contribution in [3.63, 3.8) is 0 Å². The monoisotopic (exact) mass is 462 g/mol. The zero-order valence-electron chi connectivity index (χ0n) is 14.7. The van der Waals surface area contributed by atoms with Gasteiger partial charge in [-0.1, -0.05) is 11.6 Å². The number of aromatic amines is 1. The van der Waals surface area contributed by atoms with Gasteiger partial charge in [-0.2, -0.15) is 19.6 Å². The van der Waals surface area contributed by atoms with Crippen molar-refractivity contribution in [2.75, 3.05) is 36.5 Å². The summed E-state index contributed by atoms with van der Waals surface area (Å²) in [7, 11) is 0. The average molecular weight is 464 g/mol. The molecule has 3 aromatic heterocycles. The van der Waals surface area contributed by atoms with E-state index in [0.717, 1.165) is 34.4 Å². The highest BCUT2D eigenvalue weighted by Gasteiger charge is 2.18. The van der Waals surface area contributed by atoms with Crippen molar-refractivity contribution in [3.8, 4) is 0 Å². The van der Waals surface area contributed by atoms with Gasteiger partial charge in [-0.25, -0.2) is 4.98 Å². The lowest BCUT2D eigenvalue weighted by Gasteiger charge is -2.27. The Balaban J connectivity index is 1.46. The van der Waals surface area contributed by atoms with Crippen LogP contribution in [0.3, 0.4) is 0 Å². The molecule has 0 saturated carbocycles. The van der Waals surface area contributed by atoms with Crippen LogP contribution in [-0.4, -0.2) is 55.9 Å². The standard InChI is InChI=1S/C17H16BrClN8O/c18-11-8-21-27-15(11)24-17(26-3-5-28-6-4-26)25-16(27)20-9-14-22-12-2-1-10(19)7-13(12)23-14/h1-2,7-8H,3-6,9H2,(H,22,23)(H,20,24,25). The molecule has 5 rings (SSSR count). The molecule has 4 heterocycles. The third-order valence-electron chi connectivity index (χ3n) is 4.52. The lowest BCUT2D eigenvalue weighted by Crippen LogP contribution is -2.37. The smallest absolute Gasteiger partial charge is 0.230 e. The minimum atomic E-state index is 0.457. The van der Waals surface area contributed by atoms with Gasteiger partial charge in [-0.3, -0.25) is 0 Å². The van der Waals surface area contributed by atoms with Gasteiger partial charge in [0.1, 0.15) is 5.82 Å². The molecule has 28 heavy (non-hydrogen) atoms. The zero-order valence-corrected chi connectivity index (χ0v) is 17.0. The molecule has 0 atom stereocenters. The first kappa shape index (κ1) is 17.7. The largest absolute Gasteiger partial charge is 0.378 e. The number of rotatable bonds is 4. The van der Waals surface area contributed by atoms with Crippen LogP contribution in [0.25, 0.3) is 16.7 Å². The zero-order chi connectivity index (χ0) is 19.1. The Morgan fingerprint density at radius 2 is 2.07 bits per heavy atom. The van der Waals surface area contributed by atoms with E-state index in [0.29, 0.717) is 42.3 Å². The highest BCUT2D eigenvalue weighted by atomic mass is 79.9. The van der Waals surface area contributed by atoms with Gasteiger partial charge in [0, 0.05) is 18.1 Å². The molecule has 1 fully saturated rings. The quantitative estimate of drug-likeness (QED) is 0.480. The fraction of sp³-hybridized carbons (Fsp3) is 0.294. The van der Waals surface area contributed by atoms with Crippen LogP contribution in [0.2, 0.25) is 5.02 Å². The molecular formula is C17H16BrClN8O. The lowest BCUT2D eigenvalue weighted by molar-refractivity contribution is 0.122. The fourth-order valence-electron chi connectivity index (χ4n) is 3.14. The van der Waals surface area contributed by atoms with E-state index in [1.807, 2.05) is 18.2 Å². The van der Waals surface area contributed by atoms with Crippen LogP contribution < -0.4 is 10.2 Å². The molecule has 1 aliphatic rings. The molecular weight excluding hydrogens is 448 g/mol. The lowest BCUT2D eigenvalue weighted by atomic mass is 10.3. The summed E-state index contributed by atoms with van der Waals surface area (Å²) < 4.78 is 7.91. The van der Waals surface area contributed by atoms with E-state index in [9.17, 15) is 0 Å². The molecule has 0 unspecified atom stereocenters. The number of imidazole rings is 1. The first-order valence-electron chi connectivity index (χ1n) is 8.79. The maximum atomic E-state index is 6.04. The van der Waals surface area contributed by atoms with Crippen molar-refractivity contribution < 1.29 is 4.74 Å². The summed E-state index contributed by atoms with van der Waals surface area (Å²) in [6, 6.07) is 5.59. The number of aromatic nitrogens is 6. The van der Waals surface area contributed by atoms with E-state index in [2.05, 4.69) is 51.2 Å². The topological polar surface area (TPSA) is 96.3 Å². The van der Waals surface area contributed by atoms with Gasteiger partial charge in [0.2, 0.25) is 11.9 Å². The normalized spacial score (nSPS) is 14.9. The molecule has 1 aromatic carbocycles. The van der Waals surface area contributed by atoms with Crippen molar-refractivity contribution in [3.05, 3.63) is 39.7 Å². The Bertz CT molecular complexity index is 1150. The minimum absolute atomic E-state index is 0.457. The van der Waals surface area contributed by atoms with Gasteiger partial charge < -0.3 is 19.9 Å². The molecule has 2 N–H and O–H groups in total. The Hall–Kier alpha value is -2.43. The Kier molecular flexibility index (Phi) is 4.53. The second-order valence-corrected chi connectivity index (χ2v) is 7.66. The first-order valence-corrected chi connectivity index (χ1v) is 9.96. The summed E-state index contributed by atoms with van der Waals surface area (Å²) in [5.41, 5.74) is 2.47. The van der Waals surface area contributed by atoms with Crippen LogP contribution in [0.4, 0.5) is 11.9 Å². The number of anilines is 2. The van der Waals surface area contributed by atoms with E-state index in [-0.39, 0.29) is 0 Å². The maximum Gasteiger partial charge on any atom is 0.230 e. The van der Waals surface area contributed by atoms with E-state index < -0.39 is 0 Å². The van der Waals surface area contributed by atoms with Crippen molar-refractivity contribution in [2.24, 2.45) is 0 Å². The Morgan fingerprint density at radius 1 is 1.21 bits per heavy atom. The maximum absolute atomic E-state index is 6.04. The predicted molar refractivity (Wildman–Crippen MR) is 110 cm³/mol. The summed E-state index contributed by atoms with van der Waals surface area (Å²) in [6.45, 7) is 3.30. The molecule has 1 aliphatic heterocycles. The number of H-pyrrole nitrogens is 1. The summed E-state index contributed by atoms with van der Waals surface area (Å²) in [5, 5.41) is 8.34. The van der Waals surface area contributed by atoms with Crippen LogP contribution in [-0.2, 0) is 11.3 Å². The average Bonchev–Trinajstić information content (AvgIpc) is 3.29. The van der Waals surface area contributed by atoms with Crippen molar-refractivity contribution in [2.45, 2.75) is 6.54 Å². The molecule has 1 saturated heterocycles. The van der Waals surface area contributed by atoms with Gasteiger partial charge >= 0.3 is 0 Å². The summed E-state index contributed by atoms with van der Waals surface area (Å²) in [5.74, 6) is 2.02. The van der Waals surface area contributed by atoms with Crippen molar-refractivity contribution in [1.29, 1.82) is 0 Å². The highest BCUT2D eigenvalue weighted by molar-refractivity contribution is 9.10. The molecule has 0 amide bonds. The van der Waals surface area contributed by atoms with Gasteiger partial charge in [-0.05, 0) is 34.1 Å². The number of nitrogens with zero attached hydrogens (tertiary/aromatic N) is 6. The highest BCUT2D eigenvalue weighted by Crippen LogP contribution is 2.23. The molecule has 0 aliphatic carbocycles. The number of morpholine rings is 1. The molecule has 0 bridgehead atoms. The van der Waals surface area contributed by atoms with Gasteiger partial charge in [0.25, 0.3) is 0 Å². The van der Waals surface area contributed by atoms with E-state index in [4.69, 9.17) is 16.3 Å². The van der Waals surface area contributed by atoms with Crippen LogP contribution in [0.15, 0.2) is 28.9 Å². The van der Waals surface area contributed by atoms with E-state index in [1.165, 1.54) is 0 Å². The number of hydrogen-bond acceptors (Lipinski definition) is 7. The second kappa shape index (κ2) is 7.19. The van der Waals surface area contributed by atoms with Gasteiger partial charge in [-0.15, -0.1) is 0 Å². The molecule has 11 heteroatoms. The molecule has 4 aromatic rings. The number of ether oxygens (including phenoxy) is 1. The summed E-state index contributed by atoms with van der Waals surface area (Å²) in [4.78, 5) is 19.3. The first-order chi connectivity index (χ1) is 13.7. The van der Waals surface area contributed by atoms with Crippen LogP contribution >= 0.6 is 27.5 Å². The third kappa shape index (κ3) is 3.27. The minimum Gasteiger partial charge on any atom is -0.378 e. The Morgan fingerprint density at radius 3 is 2.93 bits per heavy atom. The SMILES string of the molecule is Clc1ccc2[nH]c(CNc3nc(N4CCOCC4)nc4c(Br)cnn34)nc2c1. The van der Waals surface area contributed by atoms with E-state index >= 15 is 0 Å². The summed E-state index contributed by atoms with van der Waals surface area (Å²) in [6.07, 6.45) is 1.71. The predicted octanol–water partition coefficient (Wildman–Crippen LogP) is 2.87. The van der Waals surface area contributed by atoms with Crippen molar-refractivity contribution in [1.82, 2.24) is 29.5 Å². The number of hydrogen-bond donors (Lipinski definition) is 2. The molecule has 0 spiro atoms. The number of benzene rings is 1. The summed E-state index contributed by atoms with van der Waals surface area (Å²) >= 11 is 9.55. The third-order valence-corrected chi connectivity index (χ3v) is 5.31. The van der Waals surface area contributed by atoms with Crippen LogP contribution in [0.1, 0.15) is 5.82 Å². The Labute approximate surface area is 173 Å². The molecule has 144 valence electrons. The van der Waals surface area contributed by atoms with Gasteiger partial charge in [0.05, 0.1) is 41.5 Å². The van der Waals surface area contributed by atoms with E-state index in [1.54, 1.807) is 10.7 Å². The molecule has 9 nitrogen and oxygen atoms in total. The number of fused-ring (bicyclic) bond motifs is 2. The second-order valence-electron chi connectivity index (χ2n) is 6.37. The van der Waals surface area contributed by atoms with Crippen LogP contribution in [0, 0.1) is 0 Å². The van der Waals surface area contributed by atoms with Gasteiger partial charge in [0.15, 0.2) is 5.65 Å².